The number of aryl methyl sites for hydroxylation is 2. The third kappa shape index (κ3) is 6.68. The molecule has 0 atom stereocenters. The number of aromatic nitrogens is 2. The van der Waals surface area contributed by atoms with Crippen LogP contribution in [0.2, 0.25) is 0 Å². The number of carbonyl (C=O) groups is 2. The van der Waals surface area contributed by atoms with E-state index in [2.05, 4.69) is 4.98 Å². The molecule has 0 aliphatic carbocycles. The van der Waals surface area contributed by atoms with E-state index >= 15 is 0 Å². The van der Waals surface area contributed by atoms with Crippen LogP contribution in [-0.2, 0) is 17.8 Å². The van der Waals surface area contributed by atoms with Crippen molar-refractivity contribution in [1.82, 2.24) is 9.55 Å². The molecule has 4 rings (SSSR count). The van der Waals surface area contributed by atoms with Gasteiger partial charge in [-0.1, -0.05) is 31.7 Å². The van der Waals surface area contributed by atoms with Crippen LogP contribution in [0.15, 0.2) is 71.8 Å². The molecule has 0 fully saturated rings. The molecule has 220 valence electrons. The Labute approximate surface area is 246 Å². The predicted molar refractivity (Wildman–Crippen MR) is 163 cm³/mol. The van der Waals surface area contributed by atoms with Crippen LogP contribution in [0.3, 0.4) is 0 Å². The summed E-state index contributed by atoms with van der Waals surface area (Å²) in [6.07, 6.45) is 1.42. The van der Waals surface area contributed by atoms with Crippen LogP contribution in [0.4, 0.5) is 5.82 Å². The zero-order valence-corrected chi connectivity index (χ0v) is 24.1. The molecule has 0 spiro atoms. The highest BCUT2D eigenvalue weighted by Crippen LogP contribution is 2.26. The van der Waals surface area contributed by atoms with E-state index in [4.69, 9.17) is 14.2 Å². The topological polar surface area (TPSA) is 100.0 Å². The van der Waals surface area contributed by atoms with E-state index in [0.29, 0.717) is 47.0 Å². The highest BCUT2D eigenvalue weighted by atomic mass is 16.5. The fourth-order valence-corrected chi connectivity index (χ4v) is 4.77. The second-order valence-corrected chi connectivity index (χ2v) is 9.68. The molecule has 0 saturated heterocycles. The van der Waals surface area contributed by atoms with E-state index in [-0.39, 0.29) is 24.6 Å². The highest BCUT2D eigenvalue weighted by molar-refractivity contribution is 5.95. The smallest absolute Gasteiger partial charge is 0.347 e. The number of Topliss-reactive ketones (excluding diaryl/α,β-unsaturated/α-hetero) is 1. The molecule has 1 heterocycles. The van der Waals surface area contributed by atoms with Gasteiger partial charge in [0.1, 0.15) is 17.8 Å². The Morgan fingerprint density at radius 3 is 1.71 bits per heavy atom. The van der Waals surface area contributed by atoms with Crippen molar-refractivity contribution in [2.24, 2.45) is 0 Å². The summed E-state index contributed by atoms with van der Waals surface area (Å²) >= 11 is 0. The zero-order valence-electron chi connectivity index (χ0n) is 24.1. The maximum Gasteiger partial charge on any atom is 0.347 e. The number of anilines is 1. The molecule has 0 unspecified atom stereocenters. The lowest BCUT2D eigenvalue weighted by molar-refractivity contribution is 0.0598. The number of hydrogen-bond acceptors (Lipinski definition) is 8. The van der Waals surface area contributed by atoms with Gasteiger partial charge in [-0.25, -0.2) is 9.78 Å². The molecule has 0 aliphatic rings. The fraction of sp³-hybridized carbons (Fsp3) is 0.273. The first-order valence-corrected chi connectivity index (χ1v) is 13.0. The third-order valence-corrected chi connectivity index (χ3v) is 6.84. The molecular weight excluding hydrogens is 534 g/mol. The summed E-state index contributed by atoms with van der Waals surface area (Å²) in [6.45, 7) is 5.81. The van der Waals surface area contributed by atoms with Crippen LogP contribution in [0.5, 0.6) is 11.5 Å². The van der Waals surface area contributed by atoms with Crippen molar-refractivity contribution in [3.05, 3.63) is 111 Å². The fourth-order valence-electron chi connectivity index (χ4n) is 4.77. The molecule has 0 N–H and O–H groups in total. The summed E-state index contributed by atoms with van der Waals surface area (Å²) in [6, 6.07) is 18.5. The molecule has 42 heavy (non-hydrogen) atoms. The Kier molecular flexibility index (Phi) is 10.3. The molecule has 0 aliphatic heterocycles. The standard InChI is InChI=1S/C32H33N3O6.CH4/c1-20-15-25(22(3)36)16-21(2)29(20)35-19-33-30(28(31(35)37)32(38)41-6)34(17-23-7-11-26(39-4)12-8-23)18-24-9-13-27(40-5)14-10-24;/h7-16,19H,17-18H2,1-6H3;1H4. The summed E-state index contributed by atoms with van der Waals surface area (Å²) in [7, 11) is 4.44. The van der Waals surface area contributed by atoms with E-state index in [1.54, 1.807) is 26.4 Å². The highest BCUT2D eigenvalue weighted by Gasteiger charge is 2.26. The van der Waals surface area contributed by atoms with E-state index in [1.165, 1.54) is 24.9 Å². The van der Waals surface area contributed by atoms with Gasteiger partial charge in [0.2, 0.25) is 0 Å². The summed E-state index contributed by atoms with van der Waals surface area (Å²) in [5, 5.41) is 0. The first-order chi connectivity index (χ1) is 19.7. The van der Waals surface area contributed by atoms with Crippen molar-refractivity contribution in [2.75, 3.05) is 26.2 Å². The third-order valence-electron chi connectivity index (χ3n) is 6.84. The average Bonchev–Trinajstić information content (AvgIpc) is 2.97. The Balaban J connectivity index is 0.00000484. The number of hydrogen-bond donors (Lipinski definition) is 0. The van der Waals surface area contributed by atoms with Crippen molar-refractivity contribution in [2.45, 2.75) is 41.3 Å². The molecule has 0 amide bonds. The van der Waals surface area contributed by atoms with Gasteiger partial charge < -0.3 is 19.1 Å². The minimum absolute atomic E-state index is 0. The average molecular weight is 572 g/mol. The zero-order chi connectivity index (χ0) is 29.7. The Hall–Kier alpha value is -4.92. The van der Waals surface area contributed by atoms with Gasteiger partial charge in [-0.15, -0.1) is 0 Å². The second-order valence-electron chi connectivity index (χ2n) is 9.68. The van der Waals surface area contributed by atoms with Crippen molar-refractivity contribution in [3.8, 4) is 17.2 Å². The first kappa shape index (κ1) is 31.6. The van der Waals surface area contributed by atoms with Crippen LogP contribution in [0.1, 0.15) is 57.3 Å². The molecule has 3 aromatic carbocycles. The van der Waals surface area contributed by atoms with Gasteiger partial charge in [-0.05, 0) is 79.4 Å². The van der Waals surface area contributed by atoms with Gasteiger partial charge >= 0.3 is 5.97 Å². The Morgan fingerprint density at radius 1 is 0.833 bits per heavy atom. The van der Waals surface area contributed by atoms with Crippen molar-refractivity contribution in [1.29, 1.82) is 0 Å². The molecule has 0 radical (unpaired) electrons. The molecule has 0 bridgehead atoms. The van der Waals surface area contributed by atoms with Gasteiger partial charge in [0, 0.05) is 18.7 Å². The van der Waals surface area contributed by atoms with E-state index in [0.717, 1.165) is 11.1 Å². The molecule has 9 heteroatoms. The first-order valence-electron chi connectivity index (χ1n) is 13.0. The van der Waals surface area contributed by atoms with Gasteiger partial charge in [-0.2, -0.15) is 0 Å². The SMILES string of the molecule is C.COC(=O)c1c(N(Cc2ccc(OC)cc2)Cc2ccc(OC)cc2)ncn(-c2c(C)cc(C(C)=O)cc2C)c1=O. The van der Waals surface area contributed by atoms with Crippen LogP contribution < -0.4 is 19.9 Å². The number of nitrogens with zero attached hydrogens (tertiary/aromatic N) is 3. The largest absolute Gasteiger partial charge is 0.497 e. The molecular formula is C33H37N3O6. The lowest BCUT2D eigenvalue weighted by Crippen LogP contribution is -2.33. The summed E-state index contributed by atoms with van der Waals surface area (Å²) in [5.41, 5.74) is 3.59. The number of methoxy groups -OCH3 is 3. The number of rotatable bonds is 10. The molecule has 0 saturated carbocycles. The number of esters is 1. The Morgan fingerprint density at radius 2 is 1.31 bits per heavy atom. The minimum Gasteiger partial charge on any atom is -0.497 e. The summed E-state index contributed by atoms with van der Waals surface area (Å²) < 4.78 is 17.0. The van der Waals surface area contributed by atoms with Gasteiger partial charge in [0.25, 0.3) is 5.56 Å². The summed E-state index contributed by atoms with van der Waals surface area (Å²) in [4.78, 5) is 45.6. The quantitative estimate of drug-likeness (QED) is 0.177. The predicted octanol–water partition coefficient (Wildman–Crippen LogP) is 5.70. The maximum absolute atomic E-state index is 14.0. The molecule has 9 nitrogen and oxygen atoms in total. The number of carbonyl (C=O) groups excluding carboxylic acids is 2. The monoisotopic (exact) mass is 571 g/mol. The van der Waals surface area contributed by atoms with E-state index in [1.807, 2.05) is 67.3 Å². The van der Waals surface area contributed by atoms with Crippen LogP contribution >= 0.6 is 0 Å². The van der Waals surface area contributed by atoms with Crippen LogP contribution in [0, 0.1) is 13.8 Å². The van der Waals surface area contributed by atoms with Crippen molar-refractivity contribution < 1.29 is 23.8 Å². The second kappa shape index (κ2) is 13.6. The van der Waals surface area contributed by atoms with Crippen molar-refractivity contribution >= 4 is 17.6 Å². The summed E-state index contributed by atoms with van der Waals surface area (Å²) in [5.74, 6) is 0.754. The maximum atomic E-state index is 14.0. The van der Waals surface area contributed by atoms with E-state index < -0.39 is 11.5 Å². The number of ether oxygens (including phenoxy) is 3. The van der Waals surface area contributed by atoms with Gasteiger partial charge in [-0.3, -0.25) is 14.2 Å². The number of ketones is 1. The lowest BCUT2D eigenvalue weighted by Gasteiger charge is -2.26. The number of benzene rings is 3. The molecule has 1 aromatic heterocycles. The van der Waals surface area contributed by atoms with Crippen LogP contribution in [0.25, 0.3) is 5.69 Å². The van der Waals surface area contributed by atoms with Crippen LogP contribution in [-0.4, -0.2) is 42.6 Å². The van der Waals surface area contributed by atoms with E-state index in [9.17, 15) is 14.4 Å². The lowest BCUT2D eigenvalue weighted by atomic mass is 10.0. The molecule has 4 aromatic rings. The minimum atomic E-state index is -0.794. The Bertz CT molecular complexity index is 1550. The van der Waals surface area contributed by atoms with Gasteiger partial charge in [0.15, 0.2) is 17.2 Å². The van der Waals surface area contributed by atoms with Gasteiger partial charge in [0.05, 0.1) is 27.0 Å². The normalized spacial score (nSPS) is 10.4. The van der Waals surface area contributed by atoms with Crippen molar-refractivity contribution in [3.63, 3.8) is 0 Å².